The van der Waals surface area contributed by atoms with Gasteiger partial charge in [0.1, 0.15) is 5.51 Å². The lowest BCUT2D eigenvalue weighted by Crippen LogP contribution is -2.22. The Morgan fingerprint density at radius 2 is 2.05 bits per heavy atom. The highest BCUT2D eigenvalue weighted by Crippen LogP contribution is 2.26. The van der Waals surface area contributed by atoms with Crippen LogP contribution in [-0.4, -0.2) is 21.4 Å². The monoisotopic (exact) mass is 333 g/mol. The van der Waals surface area contributed by atoms with Gasteiger partial charge in [-0.1, -0.05) is 46.3 Å². The minimum atomic E-state index is -0.286. The standard InChI is InChI=1S/C11H9Cl2N3OS2/c1-6(19-11-16-14-5-18-11)10(17)15-9-3-7(12)2-8(13)4-9/h2-6H,1H3,(H,15,17)/t6-/m0/s1. The summed E-state index contributed by atoms with van der Waals surface area (Å²) in [5.41, 5.74) is 2.20. The van der Waals surface area contributed by atoms with E-state index in [1.807, 2.05) is 0 Å². The number of carbonyl (C=O) groups is 1. The second kappa shape index (κ2) is 6.56. The van der Waals surface area contributed by atoms with Gasteiger partial charge in [0, 0.05) is 15.7 Å². The number of halogens is 2. The number of nitrogens with zero attached hydrogens (tertiary/aromatic N) is 2. The highest BCUT2D eigenvalue weighted by atomic mass is 35.5. The largest absolute Gasteiger partial charge is 0.325 e. The van der Waals surface area contributed by atoms with E-state index in [1.165, 1.54) is 23.1 Å². The number of benzene rings is 1. The summed E-state index contributed by atoms with van der Waals surface area (Å²) in [5.74, 6) is -0.140. The number of amides is 1. The Labute approximate surface area is 128 Å². The number of carbonyl (C=O) groups excluding carboxylic acids is 1. The Morgan fingerprint density at radius 3 is 2.63 bits per heavy atom. The van der Waals surface area contributed by atoms with Crippen molar-refractivity contribution in [3.8, 4) is 0 Å². The second-order valence-corrected chi connectivity index (χ2v) is 6.91. The van der Waals surface area contributed by atoms with Crippen LogP contribution in [-0.2, 0) is 4.79 Å². The molecule has 1 amide bonds. The SMILES string of the molecule is C[C@H](Sc1nncs1)C(=O)Nc1cc(Cl)cc(Cl)c1. The molecule has 1 aromatic heterocycles. The summed E-state index contributed by atoms with van der Waals surface area (Å²) in [6.45, 7) is 1.80. The molecule has 2 aromatic rings. The van der Waals surface area contributed by atoms with Crippen LogP contribution in [0.5, 0.6) is 0 Å². The van der Waals surface area contributed by atoms with Gasteiger partial charge in [0.2, 0.25) is 5.91 Å². The minimum absolute atomic E-state index is 0.140. The van der Waals surface area contributed by atoms with Crippen LogP contribution in [0.25, 0.3) is 0 Å². The van der Waals surface area contributed by atoms with E-state index in [0.29, 0.717) is 15.7 Å². The van der Waals surface area contributed by atoms with Crippen LogP contribution >= 0.6 is 46.3 Å². The van der Waals surface area contributed by atoms with Gasteiger partial charge in [0.15, 0.2) is 4.34 Å². The molecule has 100 valence electrons. The van der Waals surface area contributed by atoms with Gasteiger partial charge in [-0.15, -0.1) is 10.2 Å². The molecule has 0 aliphatic heterocycles. The van der Waals surface area contributed by atoms with Gasteiger partial charge < -0.3 is 5.32 Å². The van der Waals surface area contributed by atoms with Crippen LogP contribution in [0, 0.1) is 0 Å². The molecule has 8 heteroatoms. The average molecular weight is 334 g/mol. The topological polar surface area (TPSA) is 54.9 Å². The van der Waals surface area contributed by atoms with E-state index in [0.717, 1.165) is 4.34 Å². The highest BCUT2D eigenvalue weighted by molar-refractivity contribution is 8.02. The highest BCUT2D eigenvalue weighted by Gasteiger charge is 2.16. The molecule has 0 saturated heterocycles. The Balaban J connectivity index is 2.00. The molecule has 4 nitrogen and oxygen atoms in total. The molecule has 1 N–H and O–H groups in total. The zero-order valence-corrected chi connectivity index (χ0v) is 12.9. The van der Waals surface area contributed by atoms with E-state index in [1.54, 1.807) is 30.6 Å². The summed E-state index contributed by atoms with van der Waals surface area (Å²) in [6.07, 6.45) is 0. The lowest BCUT2D eigenvalue weighted by molar-refractivity contribution is -0.115. The molecule has 0 bridgehead atoms. The van der Waals surface area contributed by atoms with Crippen LogP contribution in [0.4, 0.5) is 5.69 Å². The molecule has 1 atom stereocenters. The molecule has 0 unspecified atom stereocenters. The van der Waals surface area contributed by atoms with Crippen LogP contribution in [0.15, 0.2) is 28.0 Å². The van der Waals surface area contributed by atoms with E-state index in [9.17, 15) is 4.79 Å². The minimum Gasteiger partial charge on any atom is -0.325 e. The first-order valence-electron chi connectivity index (χ1n) is 5.24. The fourth-order valence-corrected chi connectivity index (χ4v) is 3.44. The normalized spacial score (nSPS) is 12.2. The number of thioether (sulfide) groups is 1. The molecule has 2 rings (SSSR count). The maximum Gasteiger partial charge on any atom is 0.237 e. The van der Waals surface area contributed by atoms with Crippen molar-refractivity contribution in [3.05, 3.63) is 33.8 Å². The first-order chi connectivity index (χ1) is 9.04. The van der Waals surface area contributed by atoms with Crippen LogP contribution < -0.4 is 5.32 Å². The summed E-state index contributed by atoms with van der Waals surface area (Å²) in [6, 6.07) is 4.90. The fraction of sp³-hybridized carbons (Fsp3) is 0.182. The molecular weight excluding hydrogens is 325 g/mol. The maximum atomic E-state index is 12.0. The van der Waals surface area contributed by atoms with Crippen molar-refractivity contribution >= 4 is 57.9 Å². The number of rotatable bonds is 4. The lowest BCUT2D eigenvalue weighted by atomic mass is 10.3. The lowest BCUT2D eigenvalue weighted by Gasteiger charge is -2.10. The molecule has 19 heavy (non-hydrogen) atoms. The van der Waals surface area contributed by atoms with Crippen LogP contribution in [0.2, 0.25) is 10.0 Å². The summed E-state index contributed by atoms with van der Waals surface area (Å²) in [4.78, 5) is 12.0. The van der Waals surface area contributed by atoms with Gasteiger partial charge >= 0.3 is 0 Å². The summed E-state index contributed by atoms with van der Waals surface area (Å²) in [7, 11) is 0. The number of hydrogen-bond acceptors (Lipinski definition) is 5. The third-order valence-corrected chi connectivity index (χ3v) is 4.46. The van der Waals surface area contributed by atoms with Gasteiger partial charge in [-0.2, -0.15) is 0 Å². The summed E-state index contributed by atoms with van der Waals surface area (Å²) in [5, 5.41) is 11.0. The second-order valence-electron chi connectivity index (χ2n) is 3.61. The van der Waals surface area contributed by atoms with E-state index < -0.39 is 0 Å². The molecule has 0 spiro atoms. The van der Waals surface area contributed by atoms with E-state index in [2.05, 4.69) is 15.5 Å². The van der Waals surface area contributed by atoms with Crippen molar-refractivity contribution in [1.29, 1.82) is 0 Å². The quantitative estimate of drug-likeness (QED) is 0.860. The first-order valence-corrected chi connectivity index (χ1v) is 7.76. The Hall–Kier alpha value is -0.820. The van der Waals surface area contributed by atoms with Gasteiger partial charge in [-0.3, -0.25) is 4.79 Å². The van der Waals surface area contributed by atoms with Gasteiger partial charge in [0.05, 0.1) is 5.25 Å². The predicted molar refractivity (Wildman–Crippen MR) is 80.3 cm³/mol. The number of hydrogen-bond donors (Lipinski definition) is 1. The van der Waals surface area contributed by atoms with Crippen molar-refractivity contribution in [2.24, 2.45) is 0 Å². The van der Waals surface area contributed by atoms with Gasteiger partial charge in [-0.25, -0.2) is 0 Å². The van der Waals surface area contributed by atoms with Gasteiger partial charge in [-0.05, 0) is 25.1 Å². The number of aromatic nitrogens is 2. The Morgan fingerprint density at radius 1 is 1.37 bits per heavy atom. The van der Waals surface area contributed by atoms with Crippen molar-refractivity contribution in [2.45, 2.75) is 16.5 Å². The van der Waals surface area contributed by atoms with E-state index in [-0.39, 0.29) is 11.2 Å². The van der Waals surface area contributed by atoms with Crippen molar-refractivity contribution < 1.29 is 4.79 Å². The molecule has 0 saturated carbocycles. The molecule has 0 aliphatic rings. The van der Waals surface area contributed by atoms with Crippen molar-refractivity contribution in [1.82, 2.24) is 10.2 Å². The van der Waals surface area contributed by atoms with Gasteiger partial charge in [0.25, 0.3) is 0 Å². The summed E-state index contributed by atoms with van der Waals surface area (Å²) < 4.78 is 0.756. The zero-order valence-electron chi connectivity index (χ0n) is 9.76. The number of anilines is 1. The predicted octanol–water partition coefficient (Wildman–Crippen LogP) is 3.96. The number of nitrogens with one attached hydrogen (secondary N) is 1. The molecule has 1 heterocycles. The third-order valence-electron chi connectivity index (χ3n) is 2.12. The van der Waals surface area contributed by atoms with Crippen molar-refractivity contribution in [3.63, 3.8) is 0 Å². The Kier molecular flexibility index (Phi) is 5.04. The average Bonchev–Trinajstić information content (AvgIpc) is 2.80. The van der Waals surface area contributed by atoms with Crippen LogP contribution in [0.3, 0.4) is 0 Å². The maximum absolute atomic E-state index is 12.0. The summed E-state index contributed by atoms with van der Waals surface area (Å²) >= 11 is 14.5. The van der Waals surface area contributed by atoms with Crippen LogP contribution in [0.1, 0.15) is 6.92 Å². The fourth-order valence-electron chi connectivity index (χ4n) is 1.29. The zero-order chi connectivity index (χ0) is 13.8. The van der Waals surface area contributed by atoms with E-state index >= 15 is 0 Å². The smallest absolute Gasteiger partial charge is 0.237 e. The molecule has 0 aliphatic carbocycles. The first kappa shape index (κ1) is 14.6. The molecule has 1 aromatic carbocycles. The van der Waals surface area contributed by atoms with E-state index in [4.69, 9.17) is 23.2 Å². The molecule has 0 fully saturated rings. The molecule has 0 radical (unpaired) electrons. The molecular formula is C11H9Cl2N3OS2. The third kappa shape index (κ3) is 4.35. The van der Waals surface area contributed by atoms with Crippen molar-refractivity contribution in [2.75, 3.05) is 5.32 Å². The Bertz CT molecular complexity index is 557.